The summed E-state index contributed by atoms with van der Waals surface area (Å²) >= 11 is 5.92. The second kappa shape index (κ2) is 6.67. The van der Waals surface area contributed by atoms with Gasteiger partial charge < -0.3 is 10.6 Å². The number of nitrogens with one attached hydrogen (secondary N) is 2. The van der Waals surface area contributed by atoms with Crippen LogP contribution in [-0.4, -0.2) is 12.5 Å². The van der Waals surface area contributed by atoms with E-state index in [0.717, 1.165) is 16.5 Å². The van der Waals surface area contributed by atoms with Gasteiger partial charge in [-0.25, -0.2) is 4.39 Å². The van der Waals surface area contributed by atoms with Crippen LogP contribution in [0, 0.1) is 5.82 Å². The molecule has 0 spiro atoms. The Bertz CT molecular complexity index is 861. The highest BCUT2D eigenvalue weighted by Crippen LogP contribution is 2.24. The van der Waals surface area contributed by atoms with Gasteiger partial charge in [-0.2, -0.15) is 0 Å². The molecular formula is C18H14ClFN2O. The van der Waals surface area contributed by atoms with Gasteiger partial charge in [0.15, 0.2) is 0 Å². The van der Waals surface area contributed by atoms with Crippen LogP contribution in [-0.2, 0) is 4.79 Å². The first-order valence-electron chi connectivity index (χ1n) is 7.10. The van der Waals surface area contributed by atoms with E-state index < -0.39 is 5.82 Å². The molecule has 0 aliphatic heterocycles. The lowest BCUT2D eigenvalue weighted by molar-refractivity contribution is -0.114. The highest BCUT2D eigenvalue weighted by molar-refractivity contribution is 6.33. The zero-order valence-corrected chi connectivity index (χ0v) is 12.9. The Morgan fingerprint density at radius 1 is 1.00 bits per heavy atom. The number of hydrogen-bond donors (Lipinski definition) is 2. The summed E-state index contributed by atoms with van der Waals surface area (Å²) in [5.41, 5.74) is 1.27. The fourth-order valence-corrected chi connectivity index (χ4v) is 2.57. The summed E-state index contributed by atoms with van der Waals surface area (Å²) < 4.78 is 13.0. The summed E-state index contributed by atoms with van der Waals surface area (Å²) in [7, 11) is 0. The minimum absolute atomic E-state index is 0.0363. The van der Waals surface area contributed by atoms with E-state index in [-0.39, 0.29) is 17.5 Å². The highest BCUT2D eigenvalue weighted by Gasteiger charge is 2.07. The van der Waals surface area contributed by atoms with Crippen molar-refractivity contribution in [3.8, 4) is 0 Å². The second-order valence-corrected chi connectivity index (χ2v) is 5.46. The van der Waals surface area contributed by atoms with Crippen molar-refractivity contribution in [1.29, 1.82) is 0 Å². The lowest BCUT2D eigenvalue weighted by atomic mass is 10.1. The molecule has 0 aliphatic rings. The number of anilines is 2. The van der Waals surface area contributed by atoms with E-state index in [1.165, 1.54) is 18.2 Å². The second-order valence-electron chi connectivity index (χ2n) is 5.05. The van der Waals surface area contributed by atoms with Crippen LogP contribution in [0.15, 0.2) is 60.7 Å². The molecule has 0 radical (unpaired) electrons. The van der Waals surface area contributed by atoms with E-state index >= 15 is 0 Å². The van der Waals surface area contributed by atoms with Crippen LogP contribution in [0.1, 0.15) is 0 Å². The number of amides is 1. The Labute approximate surface area is 138 Å². The molecule has 0 unspecified atom stereocenters. The normalized spacial score (nSPS) is 10.5. The molecule has 3 rings (SSSR count). The van der Waals surface area contributed by atoms with Gasteiger partial charge in [0.1, 0.15) is 5.82 Å². The molecule has 0 aliphatic carbocycles. The maximum absolute atomic E-state index is 13.0. The number of carbonyl (C=O) groups excluding carboxylic acids is 1. The molecule has 0 atom stereocenters. The molecule has 23 heavy (non-hydrogen) atoms. The fraction of sp³-hybridized carbons (Fsp3) is 0.0556. The van der Waals surface area contributed by atoms with E-state index in [0.29, 0.717) is 5.69 Å². The summed E-state index contributed by atoms with van der Waals surface area (Å²) in [5.74, 6) is -0.623. The topological polar surface area (TPSA) is 41.1 Å². The average molecular weight is 329 g/mol. The first-order chi connectivity index (χ1) is 11.1. The lowest BCUT2D eigenvalue weighted by Gasteiger charge is -2.11. The van der Waals surface area contributed by atoms with Crippen molar-refractivity contribution >= 4 is 39.7 Å². The monoisotopic (exact) mass is 328 g/mol. The van der Waals surface area contributed by atoms with Crippen molar-refractivity contribution in [3.63, 3.8) is 0 Å². The number of benzene rings is 3. The quantitative estimate of drug-likeness (QED) is 0.730. The van der Waals surface area contributed by atoms with Gasteiger partial charge in [-0.3, -0.25) is 4.79 Å². The van der Waals surface area contributed by atoms with Gasteiger partial charge in [-0.05, 0) is 29.7 Å². The SMILES string of the molecule is O=C(CNc1ccc(F)cc1Cl)Nc1cccc2ccccc12. The molecule has 116 valence electrons. The van der Waals surface area contributed by atoms with Crippen molar-refractivity contribution in [2.45, 2.75) is 0 Å². The Kier molecular flexibility index (Phi) is 4.44. The Morgan fingerprint density at radius 2 is 1.78 bits per heavy atom. The molecule has 0 saturated carbocycles. The predicted octanol–water partition coefficient (Wildman–Crippen LogP) is 4.68. The van der Waals surface area contributed by atoms with E-state index in [9.17, 15) is 9.18 Å². The van der Waals surface area contributed by atoms with Crippen LogP contribution in [0.3, 0.4) is 0 Å². The molecule has 2 N–H and O–H groups in total. The standard InChI is InChI=1S/C18H14ClFN2O/c19-15-10-13(20)8-9-17(15)21-11-18(23)22-16-7-3-5-12-4-1-2-6-14(12)16/h1-10,21H,11H2,(H,22,23). The zero-order valence-electron chi connectivity index (χ0n) is 12.1. The number of carbonyl (C=O) groups is 1. The minimum Gasteiger partial charge on any atom is -0.375 e. The van der Waals surface area contributed by atoms with Crippen molar-refractivity contribution in [1.82, 2.24) is 0 Å². The Morgan fingerprint density at radius 3 is 2.61 bits per heavy atom. The van der Waals surface area contributed by atoms with E-state index in [1.807, 2.05) is 42.5 Å². The summed E-state index contributed by atoms with van der Waals surface area (Å²) in [4.78, 5) is 12.1. The number of fused-ring (bicyclic) bond motifs is 1. The summed E-state index contributed by atoms with van der Waals surface area (Å²) in [5, 5.41) is 8.03. The number of hydrogen-bond acceptors (Lipinski definition) is 2. The lowest BCUT2D eigenvalue weighted by Crippen LogP contribution is -2.22. The fourth-order valence-electron chi connectivity index (χ4n) is 2.34. The number of rotatable bonds is 4. The number of halogens is 2. The van der Waals surface area contributed by atoms with E-state index in [2.05, 4.69) is 10.6 Å². The van der Waals surface area contributed by atoms with Crippen molar-refractivity contribution in [2.75, 3.05) is 17.2 Å². The van der Waals surface area contributed by atoms with Gasteiger partial charge >= 0.3 is 0 Å². The molecular weight excluding hydrogens is 315 g/mol. The van der Waals surface area contributed by atoms with Crippen LogP contribution < -0.4 is 10.6 Å². The molecule has 0 bridgehead atoms. The third kappa shape index (κ3) is 3.60. The largest absolute Gasteiger partial charge is 0.375 e. The summed E-state index contributed by atoms with van der Waals surface area (Å²) in [6.07, 6.45) is 0. The van der Waals surface area contributed by atoms with Gasteiger partial charge in [-0.1, -0.05) is 48.0 Å². The van der Waals surface area contributed by atoms with Crippen LogP contribution in [0.5, 0.6) is 0 Å². The molecule has 5 heteroatoms. The Hall–Kier alpha value is -2.59. The Balaban J connectivity index is 1.69. The molecule has 1 amide bonds. The van der Waals surface area contributed by atoms with Gasteiger partial charge in [0, 0.05) is 11.1 Å². The third-order valence-corrected chi connectivity index (χ3v) is 3.75. The smallest absolute Gasteiger partial charge is 0.243 e. The van der Waals surface area contributed by atoms with Crippen LogP contribution in [0.4, 0.5) is 15.8 Å². The van der Waals surface area contributed by atoms with Gasteiger partial charge in [-0.15, -0.1) is 0 Å². The van der Waals surface area contributed by atoms with Crippen LogP contribution >= 0.6 is 11.6 Å². The van der Waals surface area contributed by atoms with Crippen LogP contribution in [0.25, 0.3) is 10.8 Å². The first kappa shape index (κ1) is 15.3. The van der Waals surface area contributed by atoms with Gasteiger partial charge in [0.05, 0.1) is 17.3 Å². The maximum atomic E-state index is 13.0. The first-order valence-corrected chi connectivity index (χ1v) is 7.48. The molecule has 0 aromatic heterocycles. The molecule has 0 heterocycles. The summed E-state index contributed by atoms with van der Waals surface area (Å²) in [6.45, 7) is 0.0363. The summed E-state index contributed by atoms with van der Waals surface area (Å²) in [6, 6.07) is 17.5. The molecule has 3 nitrogen and oxygen atoms in total. The van der Waals surface area contributed by atoms with Crippen LogP contribution in [0.2, 0.25) is 5.02 Å². The molecule has 3 aromatic rings. The van der Waals surface area contributed by atoms with E-state index in [1.54, 1.807) is 0 Å². The third-order valence-electron chi connectivity index (χ3n) is 3.43. The molecule has 0 saturated heterocycles. The predicted molar refractivity (Wildman–Crippen MR) is 92.5 cm³/mol. The average Bonchev–Trinajstić information content (AvgIpc) is 2.54. The van der Waals surface area contributed by atoms with Crippen molar-refractivity contribution in [3.05, 3.63) is 71.5 Å². The van der Waals surface area contributed by atoms with Gasteiger partial charge in [0.2, 0.25) is 5.91 Å². The van der Waals surface area contributed by atoms with Crippen molar-refractivity contribution < 1.29 is 9.18 Å². The van der Waals surface area contributed by atoms with Crippen molar-refractivity contribution in [2.24, 2.45) is 0 Å². The van der Waals surface area contributed by atoms with E-state index in [4.69, 9.17) is 11.6 Å². The zero-order chi connectivity index (χ0) is 16.2. The minimum atomic E-state index is -0.416. The maximum Gasteiger partial charge on any atom is 0.243 e. The molecule has 0 fully saturated rings. The highest BCUT2D eigenvalue weighted by atomic mass is 35.5. The molecule has 3 aromatic carbocycles. The van der Waals surface area contributed by atoms with Gasteiger partial charge in [0.25, 0.3) is 0 Å².